The van der Waals surface area contributed by atoms with Gasteiger partial charge in [0.1, 0.15) is 11.4 Å². The number of rotatable bonds is 3. The summed E-state index contributed by atoms with van der Waals surface area (Å²) in [5, 5.41) is 3.74. The Kier molecular flexibility index (Phi) is 8.42. The number of anilines is 3. The number of carbonyl (C=O) groups excluding carboxylic acids is 1. The summed E-state index contributed by atoms with van der Waals surface area (Å²) in [4.78, 5) is 28.1. The van der Waals surface area contributed by atoms with E-state index in [2.05, 4.69) is 25.3 Å². The summed E-state index contributed by atoms with van der Waals surface area (Å²) < 4.78 is 4.74. The third-order valence-electron chi connectivity index (χ3n) is 2.97. The van der Waals surface area contributed by atoms with E-state index >= 15 is 0 Å². The summed E-state index contributed by atoms with van der Waals surface area (Å²) in [7, 11) is 1.31. The Morgan fingerprint density at radius 3 is 2.54 bits per heavy atom. The molecule has 3 aromatic rings. The number of nitrogens with one attached hydrogen (secondary N) is 1. The topological polar surface area (TPSA) is 116 Å². The molecule has 0 aliphatic heterocycles. The lowest BCUT2D eigenvalue weighted by Gasteiger charge is -2.11. The number of fused-ring (bicyclic) bond motifs is 1. The van der Waals surface area contributed by atoms with Crippen molar-refractivity contribution in [2.45, 2.75) is 27.7 Å². The lowest BCUT2D eigenvalue weighted by molar-refractivity contribution is 0.0601. The van der Waals surface area contributed by atoms with Gasteiger partial charge in [0, 0.05) is 18.6 Å². The fourth-order valence-corrected chi connectivity index (χ4v) is 1.98. The highest BCUT2D eigenvalue weighted by molar-refractivity contribution is 5.98. The van der Waals surface area contributed by atoms with Gasteiger partial charge in [-0.2, -0.15) is 9.97 Å². The van der Waals surface area contributed by atoms with Gasteiger partial charge in [0.15, 0.2) is 5.65 Å². The van der Waals surface area contributed by atoms with Crippen molar-refractivity contribution in [3.05, 3.63) is 42.4 Å². The van der Waals surface area contributed by atoms with Gasteiger partial charge in [-0.25, -0.2) is 9.78 Å². The predicted molar refractivity (Wildman–Crippen MR) is 103 cm³/mol. The van der Waals surface area contributed by atoms with Crippen LogP contribution in [0.4, 0.5) is 17.5 Å². The van der Waals surface area contributed by atoms with Crippen LogP contribution < -0.4 is 11.1 Å². The number of hydrogen-bond acceptors (Lipinski definition) is 8. The molecule has 0 atom stereocenters. The van der Waals surface area contributed by atoms with Gasteiger partial charge in [-0.3, -0.25) is 4.98 Å². The molecule has 0 amide bonds. The van der Waals surface area contributed by atoms with Gasteiger partial charge in [0.25, 0.3) is 0 Å². The maximum Gasteiger partial charge on any atom is 0.341 e. The minimum absolute atomic E-state index is 0.0855. The molecule has 0 aliphatic carbocycles. The second-order valence-corrected chi connectivity index (χ2v) is 4.34. The average Bonchev–Trinajstić information content (AvgIpc) is 2.71. The molecular weight excluding hydrogens is 332 g/mol. The van der Waals surface area contributed by atoms with Gasteiger partial charge in [0.05, 0.1) is 18.2 Å². The first-order valence-corrected chi connectivity index (χ1v) is 8.36. The minimum Gasteiger partial charge on any atom is -0.465 e. The molecule has 8 heteroatoms. The maximum atomic E-state index is 11.8. The van der Waals surface area contributed by atoms with Crippen molar-refractivity contribution in [2.75, 3.05) is 18.2 Å². The molecule has 0 aliphatic rings. The summed E-state index contributed by atoms with van der Waals surface area (Å²) in [6.45, 7) is 8.00. The molecule has 0 unspecified atom stereocenters. The number of esters is 1. The molecular formula is C18H24N6O2. The molecule has 3 aromatic heterocycles. The Bertz CT molecular complexity index is 854. The summed E-state index contributed by atoms with van der Waals surface area (Å²) in [5.74, 6) is 0.0365. The second kappa shape index (κ2) is 10.5. The fourth-order valence-electron chi connectivity index (χ4n) is 1.98. The molecule has 138 valence electrons. The molecule has 0 fully saturated rings. The molecule has 3 heterocycles. The van der Waals surface area contributed by atoms with E-state index in [1.807, 2.05) is 33.8 Å². The number of hydrogen-bond donors (Lipinski definition) is 2. The van der Waals surface area contributed by atoms with Crippen LogP contribution in [0.25, 0.3) is 11.0 Å². The smallest absolute Gasteiger partial charge is 0.341 e. The van der Waals surface area contributed by atoms with E-state index in [-0.39, 0.29) is 5.95 Å². The number of carbonyl (C=O) groups is 1. The number of nitrogen functional groups attached to an aromatic ring is 1. The molecule has 0 aromatic carbocycles. The number of ether oxygens (including phenoxy) is 1. The van der Waals surface area contributed by atoms with Crippen LogP contribution in [0.15, 0.2) is 36.8 Å². The predicted octanol–water partition coefficient (Wildman–Crippen LogP) is 3.58. The molecule has 0 spiro atoms. The quantitative estimate of drug-likeness (QED) is 0.684. The summed E-state index contributed by atoms with van der Waals surface area (Å²) in [5.41, 5.74) is 6.96. The van der Waals surface area contributed by atoms with Gasteiger partial charge < -0.3 is 15.8 Å². The molecule has 8 nitrogen and oxygen atoms in total. The van der Waals surface area contributed by atoms with Crippen LogP contribution in [-0.2, 0) is 4.74 Å². The van der Waals surface area contributed by atoms with Crippen LogP contribution in [-0.4, -0.2) is 33.0 Å². The zero-order valence-corrected chi connectivity index (χ0v) is 15.6. The SMILES string of the molecule is CC.CC.COC(=O)c1cnccc1Nc1nc(N)nc2ncccc12. The number of nitrogens with zero attached hydrogens (tertiary/aromatic N) is 4. The van der Waals surface area contributed by atoms with Crippen molar-refractivity contribution in [1.82, 2.24) is 19.9 Å². The van der Waals surface area contributed by atoms with E-state index in [0.29, 0.717) is 28.1 Å². The summed E-state index contributed by atoms with van der Waals surface area (Å²) in [6.07, 6.45) is 4.59. The maximum absolute atomic E-state index is 11.8. The Balaban J connectivity index is 0.000000791. The molecule has 0 saturated carbocycles. The molecule has 3 N–H and O–H groups in total. The number of aromatic nitrogens is 4. The third kappa shape index (κ3) is 4.85. The van der Waals surface area contributed by atoms with Gasteiger partial charge in [-0.15, -0.1) is 0 Å². The van der Waals surface area contributed by atoms with Crippen LogP contribution in [0.3, 0.4) is 0 Å². The normalized spacial score (nSPS) is 9.27. The molecule has 26 heavy (non-hydrogen) atoms. The highest BCUT2D eigenvalue weighted by atomic mass is 16.5. The second-order valence-electron chi connectivity index (χ2n) is 4.34. The standard InChI is InChI=1S/C14H12N6O2.2C2H6/c1-22-13(21)9-7-16-6-4-10(9)18-12-8-3-2-5-17-11(8)19-14(15)20-12;2*1-2/h2-7H,1H3,(H3,15,16,17,18,19,20);2*1-2H3. The number of nitrogens with two attached hydrogens (primary N) is 1. The zero-order valence-electron chi connectivity index (χ0n) is 15.6. The van der Waals surface area contributed by atoms with E-state index in [9.17, 15) is 4.79 Å². The molecule has 0 bridgehead atoms. The number of methoxy groups -OCH3 is 1. The highest BCUT2D eigenvalue weighted by Gasteiger charge is 2.14. The van der Waals surface area contributed by atoms with E-state index in [4.69, 9.17) is 10.5 Å². The van der Waals surface area contributed by atoms with Crippen LogP contribution >= 0.6 is 0 Å². The molecule has 3 rings (SSSR count). The fraction of sp³-hybridized carbons (Fsp3) is 0.278. The first-order chi connectivity index (χ1) is 12.7. The molecule has 0 radical (unpaired) electrons. The van der Waals surface area contributed by atoms with Gasteiger partial charge in [-0.05, 0) is 18.2 Å². The Morgan fingerprint density at radius 2 is 1.85 bits per heavy atom. The lowest BCUT2D eigenvalue weighted by atomic mass is 10.2. The average molecular weight is 356 g/mol. The third-order valence-corrected chi connectivity index (χ3v) is 2.97. The van der Waals surface area contributed by atoms with Crippen LogP contribution in [0.1, 0.15) is 38.1 Å². The Labute approximate surface area is 152 Å². The van der Waals surface area contributed by atoms with Crippen LogP contribution in [0.5, 0.6) is 0 Å². The summed E-state index contributed by atoms with van der Waals surface area (Å²) in [6, 6.07) is 5.22. The van der Waals surface area contributed by atoms with E-state index in [1.165, 1.54) is 13.3 Å². The Morgan fingerprint density at radius 1 is 1.12 bits per heavy atom. The van der Waals surface area contributed by atoms with Gasteiger partial charge >= 0.3 is 5.97 Å². The van der Waals surface area contributed by atoms with Crippen molar-refractivity contribution in [1.29, 1.82) is 0 Å². The number of pyridine rings is 2. The largest absolute Gasteiger partial charge is 0.465 e. The van der Waals surface area contributed by atoms with Crippen molar-refractivity contribution in [2.24, 2.45) is 0 Å². The van der Waals surface area contributed by atoms with Crippen molar-refractivity contribution in [3.8, 4) is 0 Å². The van der Waals surface area contributed by atoms with Crippen molar-refractivity contribution in [3.63, 3.8) is 0 Å². The van der Waals surface area contributed by atoms with Crippen molar-refractivity contribution >= 4 is 34.5 Å². The van der Waals surface area contributed by atoms with Gasteiger partial charge in [-0.1, -0.05) is 27.7 Å². The van der Waals surface area contributed by atoms with Gasteiger partial charge in [0.2, 0.25) is 5.95 Å². The molecule has 0 saturated heterocycles. The lowest BCUT2D eigenvalue weighted by Crippen LogP contribution is -2.08. The highest BCUT2D eigenvalue weighted by Crippen LogP contribution is 2.25. The monoisotopic (exact) mass is 356 g/mol. The van der Waals surface area contributed by atoms with E-state index in [0.717, 1.165) is 0 Å². The minimum atomic E-state index is -0.500. The van der Waals surface area contributed by atoms with Crippen molar-refractivity contribution < 1.29 is 9.53 Å². The van der Waals surface area contributed by atoms with E-state index in [1.54, 1.807) is 24.5 Å². The van der Waals surface area contributed by atoms with E-state index < -0.39 is 5.97 Å². The zero-order chi connectivity index (χ0) is 19.5. The van der Waals surface area contributed by atoms with Crippen LogP contribution in [0.2, 0.25) is 0 Å². The Hall–Kier alpha value is -3.29. The summed E-state index contributed by atoms with van der Waals surface area (Å²) >= 11 is 0. The first kappa shape index (κ1) is 20.8. The van der Waals surface area contributed by atoms with Crippen LogP contribution in [0, 0.1) is 0 Å². The first-order valence-electron chi connectivity index (χ1n) is 8.36.